The van der Waals surface area contributed by atoms with Crippen LogP contribution in [0, 0.1) is 0 Å². The number of halogens is 1. The Bertz CT molecular complexity index is 582. The van der Waals surface area contributed by atoms with Crippen molar-refractivity contribution in [3.63, 3.8) is 0 Å². The maximum atomic E-state index is 11.5. The highest BCUT2D eigenvalue weighted by atomic mass is 79.9. The van der Waals surface area contributed by atoms with Gasteiger partial charge in [0.15, 0.2) is 12.6 Å². The van der Waals surface area contributed by atoms with Crippen LogP contribution in [-0.2, 0) is 11.3 Å². The lowest BCUT2D eigenvalue weighted by molar-refractivity contribution is 0.00465. The summed E-state index contributed by atoms with van der Waals surface area (Å²) in [5.74, 6) is 0.496. The van der Waals surface area contributed by atoms with Crippen LogP contribution in [0.2, 0.25) is 0 Å². The van der Waals surface area contributed by atoms with Crippen LogP contribution in [0.15, 0.2) is 53.0 Å². The molecule has 0 saturated heterocycles. The Morgan fingerprint density at radius 3 is 2.60 bits per heavy atom. The van der Waals surface area contributed by atoms with E-state index in [1.165, 1.54) is 6.92 Å². The van der Waals surface area contributed by atoms with Crippen LogP contribution in [0.1, 0.15) is 22.8 Å². The fourth-order valence-corrected chi connectivity index (χ4v) is 2.09. The van der Waals surface area contributed by atoms with E-state index in [2.05, 4.69) is 15.9 Å². The van der Waals surface area contributed by atoms with E-state index in [0.29, 0.717) is 17.9 Å². The number of hydrogen-bond donors (Lipinski definition) is 0. The molecule has 0 unspecified atom stereocenters. The van der Waals surface area contributed by atoms with Gasteiger partial charge in [0.2, 0.25) is 0 Å². The van der Waals surface area contributed by atoms with Crippen molar-refractivity contribution < 1.29 is 14.3 Å². The van der Waals surface area contributed by atoms with Gasteiger partial charge >= 0.3 is 0 Å². The highest BCUT2D eigenvalue weighted by Gasteiger charge is 2.08. The first-order valence-corrected chi connectivity index (χ1v) is 7.01. The normalized spacial score (nSPS) is 10.3. The summed E-state index contributed by atoms with van der Waals surface area (Å²) in [7, 11) is 0. The predicted molar refractivity (Wildman–Crippen MR) is 80.9 cm³/mol. The van der Waals surface area contributed by atoms with E-state index in [-0.39, 0.29) is 12.6 Å². The lowest BCUT2D eigenvalue weighted by Crippen LogP contribution is -2.06. The van der Waals surface area contributed by atoms with Gasteiger partial charge in [-0.15, -0.1) is 0 Å². The fraction of sp³-hybridized carbons (Fsp3) is 0.188. The molecule has 0 atom stereocenters. The van der Waals surface area contributed by atoms with Crippen molar-refractivity contribution in [2.24, 2.45) is 0 Å². The highest BCUT2D eigenvalue weighted by Crippen LogP contribution is 2.24. The van der Waals surface area contributed by atoms with Gasteiger partial charge in [0, 0.05) is 4.47 Å². The number of benzene rings is 2. The molecule has 2 rings (SSSR count). The molecule has 2 aromatic carbocycles. The van der Waals surface area contributed by atoms with Gasteiger partial charge in [0.05, 0.1) is 12.2 Å². The molecule has 0 radical (unpaired) electrons. The van der Waals surface area contributed by atoms with Crippen molar-refractivity contribution in [2.75, 3.05) is 6.79 Å². The van der Waals surface area contributed by atoms with Crippen LogP contribution in [0.4, 0.5) is 0 Å². The van der Waals surface area contributed by atoms with Gasteiger partial charge in [-0.3, -0.25) is 4.79 Å². The van der Waals surface area contributed by atoms with Crippen LogP contribution >= 0.6 is 15.9 Å². The molecule has 104 valence electrons. The Kier molecular flexibility index (Phi) is 5.32. The Morgan fingerprint density at radius 1 is 1.15 bits per heavy atom. The summed E-state index contributed by atoms with van der Waals surface area (Å²) in [5, 5.41) is 0. The lowest BCUT2D eigenvalue weighted by Gasteiger charge is -2.10. The number of hydrogen-bond acceptors (Lipinski definition) is 3. The first kappa shape index (κ1) is 14.8. The Hall–Kier alpha value is -1.65. The number of rotatable bonds is 6. The number of ketones is 1. The summed E-state index contributed by atoms with van der Waals surface area (Å²) in [5.41, 5.74) is 1.63. The summed E-state index contributed by atoms with van der Waals surface area (Å²) in [6, 6.07) is 15.2. The Labute approximate surface area is 126 Å². The minimum atomic E-state index is -0.0319. The quantitative estimate of drug-likeness (QED) is 0.451. The van der Waals surface area contributed by atoms with Gasteiger partial charge in [-0.25, -0.2) is 0 Å². The average Bonchev–Trinajstić information content (AvgIpc) is 2.44. The first-order chi connectivity index (χ1) is 9.66. The molecule has 0 aliphatic rings. The summed E-state index contributed by atoms with van der Waals surface area (Å²) < 4.78 is 11.8. The van der Waals surface area contributed by atoms with Crippen molar-refractivity contribution in [1.82, 2.24) is 0 Å². The molecule has 0 aliphatic heterocycles. The van der Waals surface area contributed by atoms with Crippen LogP contribution in [0.5, 0.6) is 5.75 Å². The first-order valence-electron chi connectivity index (χ1n) is 6.22. The van der Waals surface area contributed by atoms with Gasteiger partial charge in [-0.1, -0.05) is 46.3 Å². The fourth-order valence-electron chi connectivity index (χ4n) is 1.75. The van der Waals surface area contributed by atoms with E-state index in [0.717, 1.165) is 10.0 Å². The molecule has 20 heavy (non-hydrogen) atoms. The van der Waals surface area contributed by atoms with E-state index in [9.17, 15) is 4.79 Å². The molecule has 0 aromatic heterocycles. The van der Waals surface area contributed by atoms with E-state index in [4.69, 9.17) is 9.47 Å². The molecule has 0 aliphatic carbocycles. The maximum absolute atomic E-state index is 11.5. The van der Waals surface area contributed by atoms with Crippen molar-refractivity contribution >= 4 is 21.7 Å². The largest absolute Gasteiger partial charge is 0.467 e. The van der Waals surface area contributed by atoms with Crippen molar-refractivity contribution in [1.29, 1.82) is 0 Å². The molecule has 2 aromatic rings. The number of ether oxygens (including phenoxy) is 2. The predicted octanol–water partition coefficient (Wildman–Crippen LogP) is 4.20. The monoisotopic (exact) mass is 334 g/mol. The molecule has 0 heterocycles. The van der Waals surface area contributed by atoms with Gasteiger partial charge in [0.1, 0.15) is 5.75 Å². The van der Waals surface area contributed by atoms with E-state index in [1.54, 1.807) is 12.1 Å². The van der Waals surface area contributed by atoms with Crippen molar-refractivity contribution in [3.8, 4) is 5.75 Å². The van der Waals surface area contributed by atoms with E-state index >= 15 is 0 Å². The molecule has 0 spiro atoms. The van der Waals surface area contributed by atoms with Crippen LogP contribution < -0.4 is 4.74 Å². The van der Waals surface area contributed by atoms with Gasteiger partial charge in [-0.2, -0.15) is 0 Å². The third-order valence-corrected chi connectivity index (χ3v) is 3.23. The Balaban J connectivity index is 1.91. The highest BCUT2D eigenvalue weighted by molar-refractivity contribution is 9.10. The average molecular weight is 335 g/mol. The molecule has 0 amide bonds. The zero-order valence-corrected chi connectivity index (χ0v) is 12.7. The van der Waals surface area contributed by atoms with E-state index < -0.39 is 0 Å². The summed E-state index contributed by atoms with van der Waals surface area (Å²) in [6.07, 6.45) is 0. The third kappa shape index (κ3) is 4.18. The lowest BCUT2D eigenvalue weighted by atomic mass is 10.1. The minimum Gasteiger partial charge on any atom is -0.467 e. The maximum Gasteiger partial charge on any atom is 0.189 e. The summed E-state index contributed by atoms with van der Waals surface area (Å²) in [4.78, 5) is 11.5. The van der Waals surface area contributed by atoms with Gasteiger partial charge in [-0.05, 0) is 30.7 Å². The van der Waals surface area contributed by atoms with Crippen LogP contribution in [0.3, 0.4) is 0 Å². The second-order valence-electron chi connectivity index (χ2n) is 4.29. The number of carbonyl (C=O) groups is 1. The number of Topliss-reactive ketones (excluding diaryl/α,β-unsaturated/α-hetero) is 1. The molecular formula is C16H15BrO3. The molecule has 0 bridgehead atoms. The van der Waals surface area contributed by atoms with Gasteiger partial charge < -0.3 is 9.47 Å². The van der Waals surface area contributed by atoms with Gasteiger partial charge in [0.25, 0.3) is 0 Å². The standard InChI is InChI=1S/C16H15BrO3/c1-12(18)15-8-7-14(17)9-16(15)20-11-19-10-13-5-3-2-4-6-13/h2-9H,10-11H2,1H3. The number of carbonyl (C=O) groups excluding carboxylic acids is 1. The topological polar surface area (TPSA) is 35.5 Å². The molecule has 4 heteroatoms. The molecule has 0 saturated carbocycles. The molecule has 0 fully saturated rings. The minimum absolute atomic E-state index is 0.0319. The van der Waals surface area contributed by atoms with Crippen molar-refractivity contribution in [2.45, 2.75) is 13.5 Å². The summed E-state index contributed by atoms with van der Waals surface area (Å²) >= 11 is 3.36. The van der Waals surface area contributed by atoms with Crippen LogP contribution in [0.25, 0.3) is 0 Å². The Morgan fingerprint density at radius 2 is 1.90 bits per heavy atom. The smallest absolute Gasteiger partial charge is 0.189 e. The summed E-state index contributed by atoms with van der Waals surface area (Å²) in [6.45, 7) is 2.09. The third-order valence-electron chi connectivity index (χ3n) is 2.73. The zero-order valence-electron chi connectivity index (χ0n) is 11.1. The van der Waals surface area contributed by atoms with Crippen molar-refractivity contribution in [3.05, 3.63) is 64.1 Å². The molecule has 3 nitrogen and oxygen atoms in total. The molecule has 0 N–H and O–H groups in total. The zero-order chi connectivity index (χ0) is 14.4. The van der Waals surface area contributed by atoms with E-state index in [1.807, 2.05) is 36.4 Å². The molecular weight excluding hydrogens is 320 g/mol. The second kappa shape index (κ2) is 7.22. The van der Waals surface area contributed by atoms with Crippen LogP contribution in [-0.4, -0.2) is 12.6 Å². The second-order valence-corrected chi connectivity index (χ2v) is 5.21. The SMILES string of the molecule is CC(=O)c1ccc(Br)cc1OCOCc1ccccc1.